The summed E-state index contributed by atoms with van der Waals surface area (Å²) >= 11 is 7.26. The molecule has 3 aromatic carbocycles. The Morgan fingerprint density at radius 2 is 1.36 bits per heavy atom. The number of halogens is 1. The van der Waals surface area contributed by atoms with Gasteiger partial charge in [0.25, 0.3) is 0 Å². The van der Waals surface area contributed by atoms with Crippen molar-refractivity contribution in [1.29, 1.82) is 0 Å². The summed E-state index contributed by atoms with van der Waals surface area (Å²) in [4.78, 5) is 0. The van der Waals surface area contributed by atoms with Crippen molar-refractivity contribution in [1.82, 2.24) is 0 Å². The minimum absolute atomic E-state index is 0.416. The third-order valence-electron chi connectivity index (χ3n) is 4.66. The van der Waals surface area contributed by atoms with Crippen molar-refractivity contribution in [2.45, 2.75) is 18.7 Å². The van der Waals surface area contributed by atoms with Crippen molar-refractivity contribution in [3.63, 3.8) is 0 Å². The predicted octanol–water partition coefficient (Wildman–Crippen LogP) is 6.57. The van der Waals surface area contributed by atoms with E-state index >= 15 is 0 Å². The molecule has 0 fully saturated rings. The Morgan fingerprint density at radius 1 is 0.750 bits per heavy atom. The van der Waals surface area contributed by atoms with E-state index in [-0.39, 0.29) is 0 Å². The molecule has 1 heterocycles. The molecule has 0 saturated carbocycles. The third-order valence-corrected chi connectivity index (χ3v) is 7.18. The molecular formula is C25H21ClOSe. The van der Waals surface area contributed by atoms with Crippen LogP contribution >= 0.6 is 11.6 Å². The fourth-order valence-electron chi connectivity index (χ4n) is 3.17. The second kappa shape index (κ2) is 8.84. The molecule has 0 saturated heterocycles. The fraction of sp³-hybridized carbons (Fsp3) is 0.120. The summed E-state index contributed by atoms with van der Waals surface area (Å²) in [5, 5.41) is 1.83. The van der Waals surface area contributed by atoms with Gasteiger partial charge in [0.2, 0.25) is 0 Å². The van der Waals surface area contributed by atoms with Gasteiger partial charge >= 0.3 is 178 Å². The fourth-order valence-corrected chi connectivity index (χ4v) is 5.37. The number of rotatable bonds is 6. The van der Waals surface area contributed by atoms with Gasteiger partial charge in [0.05, 0.1) is 0 Å². The van der Waals surface area contributed by atoms with Gasteiger partial charge in [0, 0.05) is 0 Å². The Bertz CT molecular complexity index is 1040. The third kappa shape index (κ3) is 4.25. The van der Waals surface area contributed by atoms with Crippen LogP contribution in [0.1, 0.15) is 11.1 Å². The first kappa shape index (κ1) is 19.1. The van der Waals surface area contributed by atoms with Crippen LogP contribution in [-0.4, -0.2) is 15.0 Å². The van der Waals surface area contributed by atoms with Gasteiger partial charge < -0.3 is 0 Å². The first-order valence-electron chi connectivity index (χ1n) is 9.34. The van der Waals surface area contributed by atoms with Gasteiger partial charge in [-0.25, -0.2) is 0 Å². The van der Waals surface area contributed by atoms with Crippen LogP contribution in [-0.2, 0) is 6.42 Å². The van der Waals surface area contributed by atoms with Crippen LogP contribution in [0, 0.1) is 6.92 Å². The number of hydrogen-bond donors (Lipinski definition) is 0. The number of aryl methyl sites for hydroxylation is 1. The maximum atomic E-state index is 6.84. The number of benzene rings is 3. The number of furan rings is 1. The van der Waals surface area contributed by atoms with E-state index < -0.39 is 0 Å². The van der Waals surface area contributed by atoms with Gasteiger partial charge in [0.1, 0.15) is 0 Å². The molecular weight excluding hydrogens is 431 g/mol. The molecule has 140 valence electrons. The van der Waals surface area contributed by atoms with Crippen molar-refractivity contribution >= 4 is 31.0 Å². The summed E-state index contributed by atoms with van der Waals surface area (Å²) < 4.78 is 7.75. The van der Waals surface area contributed by atoms with Crippen molar-refractivity contribution in [2.75, 3.05) is 0 Å². The molecule has 0 radical (unpaired) electrons. The van der Waals surface area contributed by atoms with E-state index in [0.29, 0.717) is 15.0 Å². The quantitative estimate of drug-likeness (QED) is 0.302. The monoisotopic (exact) mass is 452 g/mol. The zero-order valence-corrected chi connectivity index (χ0v) is 18.2. The van der Waals surface area contributed by atoms with Gasteiger partial charge in [-0.1, -0.05) is 0 Å². The van der Waals surface area contributed by atoms with Crippen molar-refractivity contribution in [3.8, 4) is 22.6 Å². The summed E-state index contributed by atoms with van der Waals surface area (Å²) in [7, 11) is 0. The van der Waals surface area contributed by atoms with E-state index in [0.717, 1.165) is 45.0 Å². The van der Waals surface area contributed by atoms with Crippen LogP contribution in [0.4, 0.5) is 0 Å². The van der Waals surface area contributed by atoms with E-state index in [1.165, 1.54) is 10.0 Å². The molecule has 4 aromatic rings. The predicted molar refractivity (Wildman–Crippen MR) is 120 cm³/mol. The summed E-state index contributed by atoms with van der Waals surface area (Å²) in [6.45, 7) is 2.09. The van der Waals surface area contributed by atoms with E-state index in [1.54, 1.807) is 0 Å². The second-order valence-corrected chi connectivity index (χ2v) is 9.53. The first-order chi connectivity index (χ1) is 13.7. The van der Waals surface area contributed by atoms with Crippen LogP contribution < -0.4 is 4.46 Å². The van der Waals surface area contributed by atoms with E-state index in [9.17, 15) is 0 Å². The van der Waals surface area contributed by atoms with E-state index in [1.807, 2.05) is 30.3 Å². The van der Waals surface area contributed by atoms with Crippen molar-refractivity contribution < 1.29 is 4.42 Å². The molecule has 1 nitrogen and oxygen atoms in total. The van der Waals surface area contributed by atoms with E-state index in [4.69, 9.17) is 16.0 Å². The average molecular weight is 452 g/mol. The number of hydrogen-bond acceptors (Lipinski definition) is 1. The molecule has 0 aliphatic rings. The van der Waals surface area contributed by atoms with Crippen LogP contribution in [0.15, 0.2) is 89.3 Å². The van der Waals surface area contributed by atoms with Gasteiger partial charge in [-0.2, -0.15) is 0 Å². The molecule has 0 bridgehead atoms. The summed E-state index contributed by atoms with van der Waals surface area (Å²) in [6, 6.07) is 29.3. The normalized spacial score (nSPS) is 10.9. The van der Waals surface area contributed by atoms with Gasteiger partial charge in [0.15, 0.2) is 0 Å². The zero-order valence-electron chi connectivity index (χ0n) is 15.7. The summed E-state index contributed by atoms with van der Waals surface area (Å²) in [6.07, 6.45) is 0.910. The van der Waals surface area contributed by atoms with E-state index in [2.05, 4.69) is 61.5 Å². The molecule has 0 N–H and O–H groups in total. The molecule has 4 rings (SSSR count). The standard InChI is InChI=1S/C25H21ClOSe/c1-18-12-14-20(15-13-18)24-22(16-17-28-21-10-6-3-7-11-21)23(26)25(27-24)19-8-4-2-5-9-19/h2-15H,16-17H2,1H3. The minimum atomic E-state index is 0.416. The molecule has 28 heavy (non-hydrogen) atoms. The van der Waals surface area contributed by atoms with Crippen molar-refractivity contribution in [2.24, 2.45) is 0 Å². The average Bonchev–Trinajstić information content (AvgIpc) is 3.06. The molecule has 0 spiro atoms. The topological polar surface area (TPSA) is 13.1 Å². The van der Waals surface area contributed by atoms with Crippen LogP contribution in [0.5, 0.6) is 0 Å². The Labute approximate surface area is 177 Å². The Hall–Kier alpha value is -2.25. The Balaban J connectivity index is 1.68. The molecule has 0 aliphatic heterocycles. The van der Waals surface area contributed by atoms with Gasteiger partial charge in [-0.3, -0.25) is 0 Å². The molecule has 3 heteroatoms. The van der Waals surface area contributed by atoms with Gasteiger partial charge in [-0.05, 0) is 0 Å². The van der Waals surface area contributed by atoms with Crippen LogP contribution in [0.3, 0.4) is 0 Å². The summed E-state index contributed by atoms with van der Waals surface area (Å²) in [5.74, 6) is 1.66. The van der Waals surface area contributed by atoms with Crippen molar-refractivity contribution in [3.05, 3.63) is 101 Å². The molecule has 0 atom stereocenters. The molecule has 0 amide bonds. The zero-order chi connectivity index (χ0) is 19.3. The molecule has 1 aromatic heterocycles. The SMILES string of the molecule is Cc1ccc(-c2oc(-c3ccccc3)c(Cl)c2CC[Se]c2ccccc2)cc1. The van der Waals surface area contributed by atoms with Crippen LogP contribution in [0.2, 0.25) is 10.3 Å². The Kier molecular flexibility index (Phi) is 6.02. The maximum absolute atomic E-state index is 6.84. The van der Waals surface area contributed by atoms with Gasteiger partial charge in [-0.15, -0.1) is 0 Å². The molecule has 0 aliphatic carbocycles. The second-order valence-electron chi connectivity index (χ2n) is 6.70. The first-order valence-corrected chi connectivity index (χ1v) is 11.8. The Morgan fingerprint density at radius 3 is 2.04 bits per heavy atom. The summed E-state index contributed by atoms with van der Waals surface area (Å²) in [5.41, 5.74) is 4.44. The van der Waals surface area contributed by atoms with Crippen LogP contribution in [0.25, 0.3) is 22.6 Å². The molecule has 0 unspecified atom stereocenters.